The summed E-state index contributed by atoms with van der Waals surface area (Å²) in [6, 6.07) is 13.1. The summed E-state index contributed by atoms with van der Waals surface area (Å²) >= 11 is 0. The van der Waals surface area contributed by atoms with E-state index >= 15 is 0 Å². The fourth-order valence-corrected chi connectivity index (χ4v) is 5.90. The summed E-state index contributed by atoms with van der Waals surface area (Å²) in [5.41, 5.74) is 5.56. The van der Waals surface area contributed by atoms with E-state index in [2.05, 4.69) is 46.8 Å². The Kier molecular flexibility index (Phi) is 5.95. The third-order valence-electron chi connectivity index (χ3n) is 6.97. The number of anilines is 2. The molecule has 1 unspecified atom stereocenters. The van der Waals surface area contributed by atoms with Gasteiger partial charge in [-0.1, -0.05) is 30.3 Å². The molecular weight excluding hydrogens is 464 g/mol. The van der Waals surface area contributed by atoms with Crippen molar-refractivity contribution in [3.05, 3.63) is 41.5 Å². The van der Waals surface area contributed by atoms with E-state index in [9.17, 15) is 13.7 Å². The molecule has 3 heterocycles. The molecule has 0 amide bonds. The number of nitrogens with one attached hydrogen (secondary N) is 1. The summed E-state index contributed by atoms with van der Waals surface area (Å²) in [5.74, 6) is 0. The van der Waals surface area contributed by atoms with Gasteiger partial charge in [0.2, 0.25) is 10.0 Å². The lowest BCUT2D eigenvalue weighted by molar-refractivity contribution is 0.315. The number of oxazole rings is 1. The zero-order valence-corrected chi connectivity index (χ0v) is 21.3. The van der Waals surface area contributed by atoms with Gasteiger partial charge in [0, 0.05) is 37.8 Å². The van der Waals surface area contributed by atoms with E-state index in [1.54, 1.807) is 0 Å². The van der Waals surface area contributed by atoms with Crippen molar-refractivity contribution in [2.75, 3.05) is 56.3 Å². The maximum Gasteiger partial charge on any atom is 0.298 e. The monoisotopic (exact) mass is 494 g/mol. The lowest BCUT2D eigenvalue weighted by atomic mass is 9.93. The fraction of sp³-hybridized carbons (Fsp3) is 0.440. The van der Waals surface area contributed by atoms with Gasteiger partial charge in [0.05, 0.1) is 23.5 Å². The molecule has 2 aliphatic heterocycles. The molecule has 0 bridgehead atoms. The Balaban J connectivity index is 1.64. The second-order valence-electron chi connectivity index (χ2n) is 9.72. The Morgan fingerprint density at radius 3 is 2.49 bits per heavy atom. The number of fused-ring (bicyclic) bond motifs is 1. The van der Waals surface area contributed by atoms with Gasteiger partial charge >= 0.3 is 0 Å². The first kappa shape index (κ1) is 23.6. The smallest absolute Gasteiger partial charge is 0.298 e. The third-order valence-corrected chi connectivity index (χ3v) is 7.73. The van der Waals surface area contributed by atoms with Crippen LogP contribution in [0.4, 0.5) is 11.7 Å². The van der Waals surface area contributed by atoms with E-state index in [-0.39, 0.29) is 6.04 Å². The number of hydrogen-bond donors (Lipinski definition) is 1. The van der Waals surface area contributed by atoms with Gasteiger partial charge in [-0.2, -0.15) is 10.2 Å². The molecular formula is C25H30N6O3S. The Morgan fingerprint density at radius 2 is 1.89 bits per heavy atom. The predicted molar refractivity (Wildman–Crippen MR) is 137 cm³/mol. The molecule has 5 rings (SSSR count). The summed E-state index contributed by atoms with van der Waals surface area (Å²) in [6.45, 7) is 4.64. The van der Waals surface area contributed by atoms with Crippen molar-refractivity contribution in [1.82, 2.24) is 14.6 Å². The number of sulfonamides is 1. The van der Waals surface area contributed by atoms with Crippen molar-refractivity contribution in [2.45, 2.75) is 25.4 Å². The van der Waals surface area contributed by atoms with Gasteiger partial charge in [-0.05, 0) is 38.6 Å². The fourth-order valence-electron chi connectivity index (χ4n) is 5.14. The normalized spacial score (nSPS) is 18.9. The molecule has 9 nitrogen and oxygen atoms in total. The van der Waals surface area contributed by atoms with Crippen LogP contribution in [0.15, 0.2) is 34.7 Å². The van der Waals surface area contributed by atoms with Crippen LogP contribution in [0.5, 0.6) is 0 Å². The van der Waals surface area contributed by atoms with E-state index in [0.29, 0.717) is 41.8 Å². The van der Waals surface area contributed by atoms with Crippen molar-refractivity contribution < 1.29 is 12.8 Å². The van der Waals surface area contributed by atoms with Crippen LogP contribution in [0, 0.1) is 18.3 Å². The van der Waals surface area contributed by atoms with Crippen molar-refractivity contribution >= 4 is 32.8 Å². The van der Waals surface area contributed by atoms with E-state index in [4.69, 9.17) is 9.40 Å². The topological polar surface area (TPSA) is 106 Å². The van der Waals surface area contributed by atoms with Gasteiger partial charge < -0.3 is 19.1 Å². The van der Waals surface area contributed by atoms with Crippen molar-refractivity contribution in [1.29, 1.82) is 5.26 Å². The lowest BCUT2D eigenvalue weighted by Gasteiger charge is -2.37. The molecule has 1 aromatic heterocycles. The van der Waals surface area contributed by atoms with Crippen LogP contribution in [-0.2, 0) is 10.0 Å². The molecule has 2 aromatic carbocycles. The number of likely N-dealkylation sites (N-methyl/N-ethyl adjacent to an activating group) is 1. The molecule has 2 saturated heterocycles. The molecule has 2 fully saturated rings. The third kappa shape index (κ3) is 4.35. The van der Waals surface area contributed by atoms with Gasteiger partial charge in [0.25, 0.3) is 6.01 Å². The van der Waals surface area contributed by atoms with E-state index < -0.39 is 10.0 Å². The molecule has 0 spiro atoms. The molecule has 184 valence electrons. The highest BCUT2D eigenvalue weighted by molar-refractivity contribution is 7.88. The zero-order chi connectivity index (χ0) is 24.9. The van der Waals surface area contributed by atoms with Gasteiger partial charge in [-0.3, -0.25) is 0 Å². The number of hydrogen-bond acceptors (Lipinski definition) is 8. The standard InChI is InChI=1S/C25H30N6O3S/c1-16-20(12-26)22-24(34-25(27-22)31-13-18(14-31)28-35(4,32)33)23(21(16)17-8-6-5-7-9-17)30-11-10-19(15-30)29(2)3/h5-9,18-19,28H,10-11,13-15H2,1-4H3. The highest BCUT2D eigenvalue weighted by Gasteiger charge is 2.35. The first-order chi connectivity index (χ1) is 16.7. The molecule has 0 aliphatic carbocycles. The van der Waals surface area contributed by atoms with Crippen LogP contribution in [0.3, 0.4) is 0 Å². The minimum Gasteiger partial charge on any atom is -0.421 e. The van der Waals surface area contributed by atoms with Crippen LogP contribution in [-0.4, -0.2) is 76.9 Å². The average Bonchev–Trinajstić information content (AvgIpc) is 3.43. The zero-order valence-electron chi connectivity index (χ0n) is 20.4. The van der Waals surface area contributed by atoms with Gasteiger partial charge in [-0.25, -0.2) is 13.1 Å². The molecule has 0 saturated carbocycles. The molecule has 0 radical (unpaired) electrons. The summed E-state index contributed by atoms with van der Waals surface area (Å²) in [4.78, 5) is 11.2. The Labute approximate surface area is 206 Å². The Bertz CT molecular complexity index is 1400. The number of rotatable bonds is 6. The Hall–Kier alpha value is -3.13. The predicted octanol–water partition coefficient (Wildman–Crippen LogP) is 2.55. The minimum atomic E-state index is -3.28. The van der Waals surface area contributed by atoms with Gasteiger partial charge in [0.1, 0.15) is 11.6 Å². The van der Waals surface area contributed by atoms with Crippen LogP contribution >= 0.6 is 0 Å². The van der Waals surface area contributed by atoms with Gasteiger partial charge in [0.15, 0.2) is 5.58 Å². The van der Waals surface area contributed by atoms with Crippen LogP contribution in [0.2, 0.25) is 0 Å². The molecule has 2 aliphatic rings. The lowest BCUT2D eigenvalue weighted by Crippen LogP contribution is -2.59. The van der Waals surface area contributed by atoms with Crippen LogP contribution in [0.1, 0.15) is 17.5 Å². The van der Waals surface area contributed by atoms with E-state index in [0.717, 1.165) is 48.1 Å². The maximum atomic E-state index is 11.6. The number of aromatic nitrogens is 1. The van der Waals surface area contributed by atoms with E-state index in [1.807, 2.05) is 30.0 Å². The summed E-state index contributed by atoms with van der Waals surface area (Å²) in [6.07, 6.45) is 2.19. The largest absolute Gasteiger partial charge is 0.421 e. The quantitative estimate of drug-likeness (QED) is 0.557. The van der Waals surface area contributed by atoms with Crippen LogP contribution in [0.25, 0.3) is 22.2 Å². The highest BCUT2D eigenvalue weighted by Crippen LogP contribution is 2.45. The molecule has 3 aromatic rings. The number of benzene rings is 2. The van der Waals surface area contributed by atoms with Gasteiger partial charge in [-0.15, -0.1) is 0 Å². The number of nitrogens with zero attached hydrogens (tertiary/aromatic N) is 5. The second kappa shape index (κ2) is 8.82. The Morgan fingerprint density at radius 1 is 1.17 bits per heavy atom. The first-order valence-electron chi connectivity index (χ1n) is 11.7. The van der Waals surface area contributed by atoms with E-state index in [1.165, 1.54) is 0 Å². The SMILES string of the molecule is Cc1c(-c2ccccc2)c(N2CCC(N(C)C)C2)c2oc(N3CC(NS(C)(=O)=O)C3)nc2c1C#N. The minimum absolute atomic E-state index is 0.184. The first-order valence-corrected chi connectivity index (χ1v) is 13.6. The van der Waals surface area contributed by atoms with Crippen molar-refractivity contribution in [2.24, 2.45) is 0 Å². The molecule has 10 heteroatoms. The molecule has 1 atom stereocenters. The van der Waals surface area contributed by atoms with Crippen molar-refractivity contribution in [3.8, 4) is 17.2 Å². The summed E-state index contributed by atoms with van der Waals surface area (Å²) in [7, 11) is 0.922. The second-order valence-corrected chi connectivity index (χ2v) is 11.5. The molecule has 1 N–H and O–H groups in total. The summed E-state index contributed by atoms with van der Waals surface area (Å²) in [5, 5.41) is 10.1. The summed E-state index contributed by atoms with van der Waals surface area (Å²) < 4.78 is 32.1. The average molecular weight is 495 g/mol. The maximum absolute atomic E-state index is 11.6. The van der Waals surface area contributed by atoms with Crippen molar-refractivity contribution in [3.63, 3.8) is 0 Å². The van der Waals surface area contributed by atoms with Crippen LogP contribution < -0.4 is 14.5 Å². The molecule has 35 heavy (non-hydrogen) atoms. The highest BCUT2D eigenvalue weighted by atomic mass is 32.2. The number of nitriles is 1.